The number of aliphatic carboxylic acids is 1. The van der Waals surface area contributed by atoms with Crippen molar-refractivity contribution in [2.45, 2.75) is 105 Å². The van der Waals surface area contributed by atoms with Gasteiger partial charge in [-0.05, 0) is 93.3 Å². The number of carbonyl (C=O) groups excluding carboxylic acids is 8. The molecule has 24 nitrogen and oxygen atoms in total. The van der Waals surface area contributed by atoms with Crippen molar-refractivity contribution >= 4 is 47.2 Å². The van der Waals surface area contributed by atoms with Crippen molar-refractivity contribution < 1.29 is 53.9 Å². The lowest BCUT2D eigenvalue weighted by atomic mass is 10.1. The average Bonchev–Trinajstić information content (AvgIpc) is 3.55. The molecule has 2 atom stereocenters. The smallest absolute Gasteiger partial charge is 0.341 e. The fourth-order valence-corrected chi connectivity index (χ4v) is 6.23. The first-order valence-electron chi connectivity index (χ1n) is 21.8. The number of Topliss-reactive ketones (excluding diaryl/α,β-unsaturated/α-hetero) is 2. The van der Waals surface area contributed by atoms with Gasteiger partial charge in [-0.15, -0.1) is 0 Å². The van der Waals surface area contributed by atoms with Gasteiger partial charge in [-0.2, -0.15) is 0 Å². The summed E-state index contributed by atoms with van der Waals surface area (Å²) in [5.41, 5.74) is 2.32. The Bertz CT molecular complexity index is 2410. The minimum atomic E-state index is -1.41. The average molecular weight is 959 g/mol. The summed E-state index contributed by atoms with van der Waals surface area (Å²) in [6.07, 6.45) is 9.60. The van der Waals surface area contributed by atoms with E-state index in [1.54, 1.807) is 14.0 Å². The Morgan fingerprint density at radius 3 is 1.51 bits per heavy atom. The van der Waals surface area contributed by atoms with E-state index in [9.17, 15) is 62.6 Å². The number of cyclic esters (lactones) is 2. The molecule has 68 heavy (non-hydrogen) atoms. The van der Waals surface area contributed by atoms with E-state index in [0.29, 0.717) is 43.5 Å². The van der Waals surface area contributed by atoms with Crippen LogP contribution in [0.2, 0.25) is 0 Å². The van der Waals surface area contributed by atoms with Crippen molar-refractivity contribution in [2.75, 3.05) is 53.4 Å². The number of unbranched alkanes of at least 4 members (excludes halogenated alkanes) is 2. The Morgan fingerprint density at radius 1 is 0.735 bits per heavy atom. The Labute approximate surface area is 392 Å². The second kappa shape index (κ2) is 30.4. The number of rotatable bonds is 25. The summed E-state index contributed by atoms with van der Waals surface area (Å²) in [5.74, 6) is -4.14. The number of nitrogens with zero attached hydrogens (tertiary/aromatic N) is 4. The summed E-state index contributed by atoms with van der Waals surface area (Å²) in [6, 6.07) is -0.0906. The maximum absolute atomic E-state index is 12.8. The molecule has 2 aromatic rings. The Kier molecular flexibility index (Phi) is 26.4. The number of carboxylic acids is 1. The second-order valence-electron chi connectivity index (χ2n) is 16.1. The molecule has 3 amide bonds. The van der Waals surface area contributed by atoms with Gasteiger partial charge in [0, 0.05) is 73.0 Å². The summed E-state index contributed by atoms with van der Waals surface area (Å²) < 4.78 is 6.36. The van der Waals surface area contributed by atoms with Crippen molar-refractivity contribution in [3.63, 3.8) is 0 Å². The number of hydrogen-bond acceptors (Lipinski definition) is 16. The number of aryl methyl sites for hydroxylation is 2. The normalized spacial score (nSPS) is 12.8. The van der Waals surface area contributed by atoms with Crippen molar-refractivity contribution in [3.05, 3.63) is 88.5 Å². The van der Waals surface area contributed by atoms with Crippen LogP contribution in [0.4, 0.5) is 0 Å². The Hall–Kier alpha value is -6.92. The van der Waals surface area contributed by atoms with E-state index in [1.807, 2.05) is 7.05 Å². The number of ether oxygens (including phenoxy) is 1. The fourth-order valence-electron chi connectivity index (χ4n) is 6.23. The third-order valence-electron chi connectivity index (χ3n) is 10.1. The molecule has 8 N–H and O–H groups in total. The van der Waals surface area contributed by atoms with E-state index in [-0.39, 0.29) is 73.4 Å². The number of quaternary nitrogens is 1. The zero-order valence-corrected chi connectivity index (χ0v) is 40.1. The lowest BCUT2D eigenvalue weighted by Gasteiger charge is -2.27. The summed E-state index contributed by atoms with van der Waals surface area (Å²) in [6.45, 7) is 9.83. The molecule has 376 valence electrons. The molecule has 2 unspecified atom stereocenters. The van der Waals surface area contributed by atoms with Gasteiger partial charge in [-0.1, -0.05) is 6.42 Å². The highest BCUT2D eigenvalue weighted by Crippen LogP contribution is 2.07. The van der Waals surface area contributed by atoms with Crippen LogP contribution >= 0.6 is 0 Å². The van der Waals surface area contributed by atoms with Crippen LogP contribution in [0.15, 0.2) is 54.9 Å². The molecule has 2 aromatic heterocycles. The van der Waals surface area contributed by atoms with Gasteiger partial charge < -0.3 is 46.1 Å². The number of aromatic amines is 2. The van der Waals surface area contributed by atoms with Gasteiger partial charge in [0.15, 0.2) is 0 Å². The highest BCUT2D eigenvalue weighted by atomic mass is 16.6. The molecule has 3 rings (SSSR count). The molecule has 1 aliphatic heterocycles. The summed E-state index contributed by atoms with van der Waals surface area (Å²) in [4.78, 5) is 145. The fraction of sp³-hybridized carbons (Fsp3) is 0.545. The highest BCUT2D eigenvalue weighted by Gasteiger charge is 2.23. The number of ketones is 2. The second-order valence-corrected chi connectivity index (χ2v) is 16.1. The molecule has 24 heteroatoms. The topological polar surface area (TPSA) is 349 Å². The predicted octanol–water partition coefficient (Wildman–Crippen LogP) is -3.89. The summed E-state index contributed by atoms with van der Waals surface area (Å²) in [7, 11) is 3.55. The van der Waals surface area contributed by atoms with Gasteiger partial charge in [0.2, 0.25) is 17.7 Å². The number of H-pyrrole nitrogens is 2. The minimum absolute atomic E-state index is 0.0105. The molecule has 1 aliphatic rings. The molecule has 0 bridgehead atoms. The number of amides is 3. The number of carboxylic acid groups (broad SMARTS) is 1. The number of aromatic nitrogens is 4. The van der Waals surface area contributed by atoms with Gasteiger partial charge in [0.25, 0.3) is 11.1 Å². The molecule has 0 fully saturated rings. The zero-order valence-electron chi connectivity index (χ0n) is 40.1. The quantitative estimate of drug-likeness (QED) is 0.0240. The van der Waals surface area contributed by atoms with E-state index in [2.05, 4.69) is 36.4 Å². The van der Waals surface area contributed by atoms with E-state index in [4.69, 9.17) is 0 Å². The molecule has 0 aliphatic carbocycles. The van der Waals surface area contributed by atoms with Crippen LogP contribution < -0.4 is 49.3 Å². The van der Waals surface area contributed by atoms with Gasteiger partial charge in [-0.25, -0.2) is 19.2 Å². The minimum Gasteiger partial charge on any atom is -0.545 e. The van der Waals surface area contributed by atoms with Crippen LogP contribution in [-0.2, 0) is 56.2 Å². The number of likely N-dealkylation sites (N-methyl/N-ethyl adjacent to an activating group) is 2. The first-order valence-corrected chi connectivity index (χ1v) is 21.8. The highest BCUT2D eigenvalue weighted by molar-refractivity contribution is 6.08. The monoisotopic (exact) mass is 958 g/mol. The van der Waals surface area contributed by atoms with Crippen LogP contribution in [0.3, 0.4) is 0 Å². The molecular weight excluding hydrogens is 893 g/mol. The SMILES string of the molecule is CC1=CC(=O)OC1=O.CNC(CCCCNC(=O)/C=C(\C)C(=O)[O-])CN(CC(C)=O)C(=O)Cn1cc(C)c(=O)[nH]c1=O.CNC(CCCC[NH3+])CN(CC(C)=O)C(=O)Cn1cc(C)c(=O)[nH]c1=O. The molecule has 0 radical (unpaired) electrons. The van der Waals surface area contributed by atoms with Crippen LogP contribution in [-0.4, -0.2) is 142 Å². The summed E-state index contributed by atoms with van der Waals surface area (Å²) >= 11 is 0. The van der Waals surface area contributed by atoms with Crippen LogP contribution in [0.5, 0.6) is 0 Å². The molecular formula is C44H66N10O14. The zero-order chi connectivity index (χ0) is 51.7. The predicted molar refractivity (Wildman–Crippen MR) is 244 cm³/mol. The molecule has 0 saturated carbocycles. The molecule has 0 aromatic carbocycles. The first-order chi connectivity index (χ1) is 31.9. The first kappa shape index (κ1) is 59.1. The van der Waals surface area contributed by atoms with Gasteiger partial charge in [-0.3, -0.25) is 52.7 Å². The lowest BCUT2D eigenvalue weighted by Crippen LogP contribution is -2.50. The van der Waals surface area contributed by atoms with Crippen LogP contribution in [0, 0.1) is 13.8 Å². The van der Waals surface area contributed by atoms with Crippen molar-refractivity contribution in [1.29, 1.82) is 0 Å². The third kappa shape index (κ3) is 22.5. The van der Waals surface area contributed by atoms with E-state index in [0.717, 1.165) is 41.0 Å². The Morgan fingerprint density at radius 2 is 1.18 bits per heavy atom. The number of esters is 2. The standard InChI is InChI=1S/C22H33N5O7.C17H29N5O4.C5H4O3/c1-14(21(32)33)9-18(29)24-8-6-5-7-17(23-4)12-26(11-16(3)28)19(30)13-27-10-15(2)20(31)25-22(27)34;1-12-8-22(17(26)20-16(12)25)11-15(24)21(9-13(2)23)10-14(19-3)6-4-5-7-18;1-3-2-4(6)8-5(3)7/h9-10,17,23H,5-8,11-13H2,1-4H3,(H,24,29)(H,32,33)(H,25,31,34);8,14,19H,4-7,9-11,18H2,1-3H3,(H,20,25,26);2H,1H3/b14-9+;;. The maximum atomic E-state index is 12.8. The number of nitrogens with one attached hydrogen (secondary N) is 5. The van der Waals surface area contributed by atoms with Crippen molar-refractivity contribution in [2.24, 2.45) is 0 Å². The van der Waals surface area contributed by atoms with E-state index >= 15 is 0 Å². The lowest BCUT2D eigenvalue weighted by molar-refractivity contribution is -0.368. The van der Waals surface area contributed by atoms with Crippen LogP contribution in [0.1, 0.15) is 77.3 Å². The van der Waals surface area contributed by atoms with Crippen molar-refractivity contribution in [1.82, 2.24) is 44.9 Å². The summed E-state index contributed by atoms with van der Waals surface area (Å²) in [5, 5.41) is 19.5. The third-order valence-corrected chi connectivity index (χ3v) is 10.1. The number of hydrogen-bond donors (Lipinski definition) is 6. The van der Waals surface area contributed by atoms with E-state index < -0.39 is 52.2 Å². The van der Waals surface area contributed by atoms with Gasteiger partial charge in [0.1, 0.15) is 24.7 Å². The Balaban J connectivity index is 0.000000596. The van der Waals surface area contributed by atoms with Gasteiger partial charge in [0.05, 0.1) is 25.6 Å². The van der Waals surface area contributed by atoms with E-state index in [1.165, 1.54) is 62.9 Å². The van der Waals surface area contributed by atoms with Gasteiger partial charge >= 0.3 is 23.3 Å². The molecule has 0 spiro atoms. The number of carbonyl (C=O) groups is 8. The van der Waals surface area contributed by atoms with Crippen LogP contribution in [0.25, 0.3) is 0 Å². The molecule has 0 saturated heterocycles. The largest absolute Gasteiger partial charge is 0.545 e. The van der Waals surface area contributed by atoms with Crippen molar-refractivity contribution in [3.8, 4) is 0 Å². The molecule has 3 heterocycles. The maximum Gasteiger partial charge on any atom is 0.341 e.